The molecular weight excluding hydrogens is 505 g/mol. The fourth-order valence-electron chi connectivity index (χ4n) is 3.62. The first-order valence-corrected chi connectivity index (χ1v) is 10.4. The Hall–Kier alpha value is -2.13. The summed E-state index contributed by atoms with van der Waals surface area (Å²) in [6.45, 7) is 3.52. The predicted molar refractivity (Wildman–Crippen MR) is 133 cm³/mol. The highest BCUT2D eigenvalue weighted by atomic mass is 127. The highest BCUT2D eigenvalue weighted by molar-refractivity contribution is 14.0. The fourth-order valence-corrected chi connectivity index (χ4v) is 3.62. The van der Waals surface area contributed by atoms with Gasteiger partial charge in [-0.2, -0.15) is 0 Å². The summed E-state index contributed by atoms with van der Waals surface area (Å²) < 4.78 is 10.7. The van der Waals surface area contributed by atoms with Crippen LogP contribution in [0.2, 0.25) is 0 Å². The third kappa shape index (κ3) is 7.81. The van der Waals surface area contributed by atoms with E-state index in [-0.39, 0.29) is 35.9 Å². The zero-order valence-corrected chi connectivity index (χ0v) is 20.6. The molecule has 0 unspecified atom stereocenters. The van der Waals surface area contributed by atoms with Crippen LogP contribution in [0, 0.1) is 5.92 Å². The van der Waals surface area contributed by atoms with Crippen LogP contribution in [-0.4, -0.2) is 44.1 Å². The maximum Gasteiger partial charge on any atom is 0.308 e. The number of guanidine groups is 1. The van der Waals surface area contributed by atoms with Crippen LogP contribution in [0.1, 0.15) is 29.5 Å². The Balaban J connectivity index is 0.00000341. The van der Waals surface area contributed by atoms with Crippen LogP contribution in [0.25, 0.3) is 0 Å². The minimum atomic E-state index is -0.106. The summed E-state index contributed by atoms with van der Waals surface area (Å²) in [6, 6.07) is 18.6. The van der Waals surface area contributed by atoms with E-state index >= 15 is 0 Å². The standard InChI is InChI=1S/C24H31N3O3.HI/c1-25-24(27-14-12-22(13-15-27)23(28)29-2)26-16-19-8-10-21(11-9-19)18-30-17-20-6-4-3-5-7-20;/h3-11,22H,12-18H2,1-2H3,(H,25,26);1H. The maximum atomic E-state index is 11.7. The monoisotopic (exact) mass is 537 g/mol. The molecule has 6 nitrogen and oxygen atoms in total. The minimum Gasteiger partial charge on any atom is -0.469 e. The third-order valence-corrected chi connectivity index (χ3v) is 5.39. The van der Waals surface area contributed by atoms with Crippen LogP contribution >= 0.6 is 24.0 Å². The highest BCUT2D eigenvalue weighted by Gasteiger charge is 2.26. The van der Waals surface area contributed by atoms with Gasteiger partial charge in [0.25, 0.3) is 0 Å². The summed E-state index contributed by atoms with van der Waals surface area (Å²) in [5, 5.41) is 3.43. The van der Waals surface area contributed by atoms with Crippen molar-refractivity contribution in [1.29, 1.82) is 0 Å². The van der Waals surface area contributed by atoms with Gasteiger partial charge in [0.15, 0.2) is 5.96 Å². The predicted octanol–water partition coefficient (Wildman–Crippen LogP) is 3.98. The number of piperidine rings is 1. The molecule has 0 saturated carbocycles. The van der Waals surface area contributed by atoms with E-state index < -0.39 is 0 Å². The molecule has 168 valence electrons. The van der Waals surface area contributed by atoms with Gasteiger partial charge in [-0.25, -0.2) is 0 Å². The lowest BCUT2D eigenvalue weighted by Gasteiger charge is -2.33. The number of esters is 1. The van der Waals surface area contributed by atoms with Crippen LogP contribution in [0.5, 0.6) is 0 Å². The number of hydrogen-bond donors (Lipinski definition) is 1. The van der Waals surface area contributed by atoms with Gasteiger partial charge in [0, 0.05) is 26.7 Å². The molecule has 0 amide bonds. The van der Waals surface area contributed by atoms with Crippen molar-refractivity contribution in [1.82, 2.24) is 10.2 Å². The molecule has 1 aliphatic heterocycles. The van der Waals surface area contributed by atoms with Crippen molar-refractivity contribution >= 4 is 35.9 Å². The second kappa shape index (κ2) is 13.3. The van der Waals surface area contributed by atoms with Crippen molar-refractivity contribution in [2.24, 2.45) is 10.9 Å². The molecule has 31 heavy (non-hydrogen) atoms. The summed E-state index contributed by atoms with van der Waals surface area (Å²) >= 11 is 0. The Morgan fingerprint density at radius 2 is 1.58 bits per heavy atom. The van der Waals surface area contributed by atoms with Gasteiger partial charge in [-0.1, -0.05) is 54.6 Å². The molecular formula is C24H32IN3O3. The topological polar surface area (TPSA) is 63.2 Å². The van der Waals surface area contributed by atoms with Crippen molar-refractivity contribution in [2.75, 3.05) is 27.2 Å². The summed E-state index contributed by atoms with van der Waals surface area (Å²) in [7, 11) is 3.25. The van der Waals surface area contributed by atoms with Crippen LogP contribution in [0.15, 0.2) is 59.6 Å². The minimum absolute atomic E-state index is 0. The number of carbonyl (C=O) groups excluding carboxylic acids is 1. The number of rotatable bonds is 7. The first-order valence-electron chi connectivity index (χ1n) is 10.4. The summed E-state index contributed by atoms with van der Waals surface area (Å²) in [4.78, 5) is 18.3. The maximum absolute atomic E-state index is 11.7. The molecule has 2 aromatic rings. The number of benzene rings is 2. The lowest BCUT2D eigenvalue weighted by atomic mass is 9.97. The van der Waals surface area contributed by atoms with E-state index in [1.807, 2.05) is 18.2 Å². The van der Waals surface area contributed by atoms with Gasteiger partial charge >= 0.3 is 5.97 Å². The molecule has 1 heterocycles. The van der Waals surface area contributed by atoms with Gasteiger partial charge in [-0.3, -0.25) is 9.79 Å². The molecule has 1 aliphatic rings. The van der Waals surface area contributed by atoms with E-state index in [1.54, 1.807) is 7.05 Å². The molecule has 0 spiro atoms. The van der Waals surface area contributed by atoms with E-state index in [4.69, 9.17) is 9.47 Å². The molecule has 0 aliphatic carbocycles. The Labute approximate surface area is 202 Å². The Morgan fingerprint density at radius 3 is 2.16 bits per heavy atom. The average Bonchev–Trinajstić information content (AvgIpc) is 2.81. The Morgan fingerprint density at radius 1 is 1.00 bits per heavy atom. The Bertz CT molecular complexity index is 820. The number of carbonyl (C=O) groups is 1. The second-order valence-electron chi connectivity index (χ2n) is 7.48. The molecule has 1 N–H and O–H groups in total. The number of ether oxygens (including phenoxy) is 2. The van der Waals surface area contributed by atoms with E-state index in [0.717, 1.165) is 37.5 Å². The number of hydrogen-bond acceptors (Lipinski definition) is 4. The molecule has 1 saturated heterocycles. The smallest absolute Gasteiger partial charge is 0.308 e. The fraction of sp³-hybridized carbons (Fsp3) is 0.417. The summed E-state index contributed by atoms with van der Waals surface area (Å²) in [6.07, 6.45) is 1.59. The van der Waals surface area contributed by atoms with Crippen molar-refractivity contribution < 1.29 is 14.3 Å². The van der Waals surface area contributed by atoms with E-state index in [0.29, 0.717) is 19.8 Å². The van der Waals surface area contributed by atoms with Crippen LogP contribution in [0.4, 0.5) is 0 Å². The number of halogens is 1. The quantitative estimate of drug-likeness (QED) is 0.251. The highest BCUT2D eigenvalue weighted by Crippen LogP contribution is 2.18. The van der Waals surface area contributed by atoms with E-state index in [9.17, 15) is 4.79 Å². The van der Waals surface area contributed by atoms with E-state index in [2.05, 4.69) is 51.6 Å². The van der Waals surface area contributed by atoms with Gasteiger partial charge < -0.3 is 19.7 Å². The molecule has 3 rings (SSSR count). The van der Waals surface area contributed by atoms with Crippen molar-refractivity contribution in [2.45, 2.75) is 32.6 Å². The SMILES string of the molecule is CN=C(NCc1ccc(COCc2ccccc2)cc1)N1CCC(C(=O)OC)CC1.I. The first-order chi connectivity index (χ1) is 14.7. The molecule has 2 aromatic carbocycles. The van der Waals surface area contributed by atoms with Gasteiger partial charge in [0.1, 0.15) is 0 Å². The molecule has 0 bridgehead atoms. The molecule has 1 fully saturated rings. The average molecular weight is 537 g/mol. The van der Waals surface area contributed by atoms with Gasteiger partial charge in [-0.15, -0.1) is 24.0 Å². The third-order valence-electron chi connectivity index (χ3n) is 5.39. The molecule has 0 atom stereocenters. The van der Waals surface area contributed by atoms with Gasteiger partial charge in [0.05, 0.1) is 26.2 Å². The summed E-state index contributed by atoms with van der Waals surface area (Å²) in [5.41, 5.74) is 3.52. The van der Waals surface area contributed by atoms with Crippen LogP contribution in [0.3, 0.4) is 0 Å². The van der Waals surface area contributed by atoms with Crippen LogP contribution < -0.4 is 5.32 Å². The van der Waals surface area contributed by atoms with Gasteiger partial charge in [-0.05, 0) is 29.5 Å². The van der Waals surface area contributed by atoms with Crippen molar-refractivity contribution in [3.8, 4) is 0 Å². The molecule has 0 radical (unpaired) electrons. The number of nitrogens with zero attached hydrogens (tertiary/aromatic N) is 2. The van der Waals surface area contributed by atoms with Gasteiger partial charge in [0.2, 0.25) is 0 Å². The number of nitrogens with one attached hydrogen (secondary N) is 1. The Kier molecular flexibility index (Phi) is 10.8. The lowest BCUT2D eigenvalue weighted by Crippen LogP contribution is -2.46. The largest absolute Gasteiger partial charge is 0.469 e. The zero-order chi connectivity index (χ0) is 21.2. The second-order valence-corrected chi connectivity index (χ2v) is 7.48. The van der Waals surface area contributed by atoms with Crippen LogP contribution in [-0.2, 0) is 34.0 Å². The zero-order valence-electron chi connectivity index (χ0n) is 18.3. The number of likely N-dealkylation sites (tertiary alicyclic amines) is 1. The first kappa shape index (κ1) is 25.1. The van der Waals surface area contributed by atoms with E-state index in [1.165, 1.54) is 18.2 Å². The number of methoxy groups -OCH3 is 1. The van der Waals surface area contributed by atoms with Crippen molar-refractivity contribution in [3.63, 3.8) is 0 Å². The molecule has 0 aromatic heterocycles. The number of aliphatic imine (C=N–C) groups is 1. The van der Waals surface area contributed by atoms with Crippen molar-refractivity contribution in [3.05, 3.63) is 71.3 Å². The summed E-state index contributed by atoms with van der Waals surface area (Å²) in [5.74, 6) is 0.764. The lowest BCUT2D eigenvalue weighted by molar-refractivity contribution is -0.146. The normalized spacial score (nSPS) is 14.6. The molecule has 7 heteroatoms.